The topological polar surface area (TPSA) is 185 Å². The number of carbonyl (C=O) groups is 3. The van der Waals surface area contributed by atoms with Crippen molar-refractivity contribution in [3.05, 3.63) is 47.2 Å². The fourth-order valence-electron chi connectivity index (χ4n) is 3.31. The third-order valence-electron chi connectivity index (χ3n) is 4.54. The number of ether oxygens (including phenoxy) is 1. The van der Waals surface area contributed by atoms with Crippen LogP contribution in [-0.4, -0.2) is 47.2 Å². The van der Waals surface area contributed by atoms with Crippen LogP contribution >= 0.6 is 0 Å². The van der Waals surface area contributed by atoms with Gasteiger partial charge in [0, 0.05) is 12.3 Å². The molecule has 0 saturated carbocycles. The first kappa shape index (κ1) is 23.9. The van der Waals surface area contributed by atoms with Crippen molar-refractivity contribution in [3.8, 4) is 5.75 Å². The number of nitrogens with zero attached hydrogens (tertiary/aromatic N) is 1. The maximum absolute atomic E-state index is 13.1. The number of nitrogens with one attached hydrogen (secondary N) is 1. The summed E-state index contributed by atoms with van der Waals surface area (Å²) in [5, 5.41) is 0.807. The molecule has 2 heterocycles. The molecule has 2 aliphatic rings. The molecule has 11 nitrogen and oxygen atoms in total. The Bertz CT molecular complexity index is 1080. The van der Waals surface area contributed by atoms with E-state index in [1.807, 2.05) is 0 Å². The minimum atomic E-state index is -4.96. The molecule has 0 fully saturated rings. The Balaban J connectivity index is 0.00000320. The summed E-state index contributed by atoms with van der Waals surface area (Å²) in [5.41, 5.74) is 10.8. The first-order chi connectivity index (χ1) is 13.5. The Morgan fingerprint density at radius 2 is 2.00 bits per heavy atom. The van der Waals surface area contributed by atoms with Crippen LogP contribution in [0.25, 0.3) is 0 Å². The number of carbonyl (C=O) groups excluding carboxylic acids is 3. The molecule has 0 saturated heterocycles. The van der Waals surface area contributed by atoms with Crippen LogP contribution in [0.3, 0.4) is 0 Å². The van der Waals surface area contributed by atoms with Crippen LogP contribution in [0.4, 0.5) is 10.5 Å². The third-order valence-corrected chi connectivity index (χ3v) is 5.59. The second-order valence-corrected chi connectivity index (χ2v) is 8.03. The van der Waals surface area contributed by atoms with Crippen LogP contribution in [0.2, 0.25) is 0 Å². The molecule has 0 spiro atoms. The van der Waals surface area contributed by atoms with E-state index in [-0.39, 0.29) is 53.0 Å². The zero-order valence-electron chi connectivity index (χ0n) is 16.1. The SMILES string of the molecule is Cc1ccc2c(c1OC(N)=O)NC(S(=O)(=O)[O-])C1CC(C=CC(N)=O)=CN1C2=O.[Na+]. The average molecular weight is 444 g/mol. The number of aryl methyl sites for hydroxylation is 1. The van der Waals surface area contributed by atoms with Gasteiger partial charge in [0.2, 0.25) is 5.91 Å². The molecule has 3 rings (SSSR count). The fraction of sp³-hybridized carbons (Fsp3) is 0.235. The number of amides is 3. The van der Waals surface area contributed by atoms with Crippen molar-refractivity contribution in [1.29, 1.82) is 0 Å². The van der Waals surface area contributed by atoms with Gasteiger partial charge in [-0.1, -0.05) is 12.1 Å². The molecular weight excluding hydrogens is 427 g/mol. The van der Waals surface area contributed by atoms with E-state index in [9.17, 15) is 27.4 Å². The zero-order valence-corrected chi connectivity index (χ0v) is 18.9. The second kappa shape index (κ2) is 8.78. The van der Waals surface area contributed by atoms with Crippen molar-refractivity contribution < 1.29 is 61.6 Å². The largest absolute Gasteiger partial charge is 1.00 e. The van der Waals surface area contributed by atoms with Crippen LogP contribution in [0.15, 0.2) is 36.1 Å². The van der Waals surface area contributed by atoms with Crippen LogP contribution in [0.5, 0.6) is 5.75 Å². The first-order valence-electron chi connectivity index (χ1n) is 8.32. The zero-order chi connectivity index (χ0) is 21.5. The summed E-state index contributed by atoms with van der Waals surface area (Å²) in [6, 6.07) is 1.81. The number of allylic oxidation sites excluding steroid dienone is 1. The van der Waals surface area contributed by atoms with Gasteiger partial charge >= 0.3 is 35.7 Å². The summed E-state index contributed by atoms with van der Waals surface area (Å²) in [6.07, 6.45) is 2.56. The standard InChI is InChI=1S/C17H18N4O7S.Na/c1-8-2-4-10-13(14(8)28-17(19)24)20-15(29(25,26)27)11-6-9(3-5-12(18)22)7-21(11)16(10)23;/h2-5,7,11,15,20H,6H2,1H3,(H2,18,22)(H2,19,24)(H,25,26,27);/q;+1/p-1. The molecule has 0 aromatic heterocycles. The molecule has 3 amide bonds. The minimum absolute atomic E-state index is 0. The molecule has 2 aliphatic heterocycles. The molecule has 154 valence electrons. The van der Waals surface area contributed by atoms with Gasteiger partial charge in [-0.15, -0.1) is 0 Å². The van der Waals surface area contributed by atoms with Gasteiger partial charge in [-0.05, 0) is 30.5 Å². The normalized spacial score (nSPS) is 20.4. The van der Waals surface area contributed by atoms with E-state index in [1.165, 1.54) is 24.4 Å². The third kappa shape index (κ3) is 4.68. The number of primary amides is 2. The van der Waals surface area contributed by atoms with Gasteiger partial charge in [-0.3, -0.25) is 9.59 Å². The Morgan fingerprint density at radius 3 is 2.57 bits per heavy atom. The van der Waals surface area contributed by atoms with Crippen LogP contribution in [0, 0.1) is 6.92 Å². The number of hydrogen-bond donors (Lipinski definition) is 3. The molecular formula is C17H17N4NaO7S. The van der Waals surface area contributed by atoms with E-state index < -0.39 is 39.4 Å². The minimum Gasteiger partial charge on any atom is -0.746 e. The molecule has 5 N–H and O–H groups in total. The van der Waals surface area contributed by atoms with Crippen molar-refractivity contribution in [3.63, 3.8) is 0 Å². The number of fused-ring (bicyclic) bond motifs is 2. The van der Waals surface area contributed by atoms with Crippen molar-refractivity contribution >= 4 is 33.7 Å². The summed E-state index contributed by atoms with van der Waals surface area (Å²) in [6.45, 7) is 1.56. The van der Waals surface area contributed by atoms with E-state index in [4.69, 9.17) is 16.2 Å². The van der Waals surface area contributed by atoms with Crippen molar-refractivity contribution in [2.45, 2.75) is 24.8 Å². The van der Waals surface area contributed by atoms with E-state index in [0.717, 1.165) is 11.0 Å². The maximum atomic E-state index is 13.1. The van der Waals surface area contributed by atoms with E-state index in [2.05, 4.69) is 5.32 Å². The predicted molar refractivity (Wildman–Crippen MR) is 99.5 cm³/mol. The summed E-state index contributed by atoms with van der Waals surface area (Å²) < 4.78 is 40.9. The Hall–Kier alpha value is -2.38. The van der Waals surface area contributed by atoms with E-state index >= 15 is 0 Å². The molecule has 1 aromatic carbocycles. The predicted octanol–water partition coefficient (Wildman–Crippen LogP) is -3.11. The van der Waals surface area contributed by atoms with Gasteiger partial charge < -0.3 is 31.0 Å². The monoisotopic (exact) mass is 444 g/mol. The molecule has 0 bridgehead atoms. The van der Waals surface area contributed by atoms with Gasteiger partial charge in [-0.2, -0.15) is 0 Å². The molecule has 2 atom stereocenters. The van der Waals surface area contributed by atoms with Crippen molar-refractivity contribution in [1.82, 2.24) is 4.90 Å². The number of anilines is 1. The van der Waals surface area contributed by atoms with Gasteiger partial charge in [0.1, 0.15) is 15.5 Å². The molecule has 30 heavy (non-hydrogen) atoms. The maximum Gasteiger partial charge on any atom is 1.00 e. The molecule has 2 unspecified atom stereocenters. The number of hydrogen-bond acceptors (Lipinski definition) is 8. The quantitative estimate of drug-likeness (QED) is 0.247. The van der Waals surface area contributed by atoms with E-state index in [1.54, 1.807) is 6.92 Å². The Morgan fingerprint density at radius 1 is 1.33 bits per heavy atom. The number of rotatable bonds is 4. The van der Waals surface area contributed by atoms with Crippen molar-refractivity contribution in [2.24, 2.45) is 11.5 Å². The van der Waals surface area contributed by atoms with Crippen LogP contribution < -0.4 is 51.1 Å². The molecule has 0 aliphatic carbocycles. The van der Waals surface area contributed by atoms with Crippen LogP contribution in [-0.2, 0) is 14.9 Å². The molecule has 13 heteroatoms. The number of benzene rings is 1. The van der Waals surface area contributed by atoms with Gasteiger partial charge in [-0.25, -0.2) is 13.2 Å². The van der Waals surface area contributed by atoms with Crippen LogP contribution in [0.1, 0.15) is 22.3 Å². The first-order valence-corrected chi connectivity index (χ1v) is 9.79. The van der Waals surface area contributed by atoms with Gasteiger partial charge in [0.25, 0.3) is 5.91 Å². The summed E-state index contributed by atoms with van der Waals surface area (Å²) >= 11 is 0. The fourth-order valence-corrected chi connectivity index (χ4v) is 4.19. The second-order valence-electron chi connectivity index (χ2n) is 6.54. The average Bonchev–Trinajstić information content (AvgIpc) is 2.97. The Kier molecular flexibility index (Phi) is 6.99. The van der Waals surface area contributed by atoms with Gasteiger partial charge in [0.05, 0.1) is 17.3 Å². The van der Waals surface area contributed by atoms with Gasteiger partial charge in [0.15, 0.2) is 5.75 Å². The van der Waals surface area contributed by atoms with E-state index in [0.29, 0.717) is 11.1 Å². The summed E-state index contributed by atoms with van der Waals surface area (Å²) in [5.74, 6) is -1.49. The molecule has 1 aromatic rings. The Labute approximate surface area is 194 Å². The smallest absolute Gasteiger partial charge is 0.746 e. The summed E-state index contributed by atoms with van der Waals surface area (Å²) in [4.78, 5) is 36.4. The molecule has 0 radical (unpaired) electrons. The van der Waals surface area contributed by atoms with Crippen molar-refractivity contribution in [2.75, 3.05) is 5.32 Å². The summed E-state index contributed by atoms with van der Waals surface area (Å²) in [7, 11) is -4.96. The number of nitrogens with two attached hydrogens (primary N) is 2.